The Morgan fingerprint density at radius 1 is 1.32 bits per heavy atom. The van der Waals surface area contributed by atoms with E-state index in [1.807, 2.05) is 19.0 Å². The lowest BCUT2D eigenvalue weighted by atomic mass is 10.3. The molecule has 1 aromatic heterocycles. The standard InChI is InChI=1S/C15H18ClN5O2S2/c1-21(2)7-6-17-12(22)9-24-15-20-19-14(25-15)13(23)18-11-5-3-4-10(16)8-11/h3-5,8H,6-7,9H2,1-2H3,(H,17,22)(H,18,23). The molecule has 0 atom stereocenters. The van der Waals surface area contributed by atoms with E-state index in [-0.39, 0.29) is 22.6 Å². The number of halogens is 1. The number of carbonyl (C=O) groups excluding carboxylic acids is 2. The minimum Gasteiger partial charge on any atom is -0.354 e. The molecule has 0 unspecified atom stereocenters. The summed E-state index contributed by atoms with van der Waals surface area (Å²) >= 11 is 8.28. The molecule has 0 saturated heterocycles. The van der Waals surface area contributed by atoms with Crippen LogP contribution in [-0.4, -0.2) is 59.8 Å². The molecule has 0 aliphatic carbocycles. The number of hydrogen-bond acceptors (Lipinski definition) is 7. The fourth-order valence-electron chi connectivity index (χ4n) is 1.71. The molecule has 1 aromatic carbocycles. The van der Waals surface area contributed by atoms with Crippen LogP contribution in [0.15, 0.2) is 28.6 Å². The van der Waals surface area contributed by atoms with Crippen LogP contribution in [-0.2, 0) is 4.79 Å². The van der Waals surface area contributed by atoms with Gasteiger partial charge >= 0.3 is 0 Å². The number of likely N-dealkylation sites (N-methyl/N-ethyl adjacent to an activating group) is 1. The summed E-state index contributed by atoms with van der Waals surface area (Å²) < 4.78 is 0.569. The van der Waals surface area contributed by atoms with Crippen molar-refractivity contribution in [3.8, 4) is 0 Å². The van der Waals surface area contributed by atoms with E-state index in [2.05, 4.69) is 20.8 Å². The minimum absolute atomic E-state index is 0.0769. The molecule has 0 spiro atoms. The fraction of sp³-hybridized carbons (Fsp3) is 0.333. The summed E-state index contributed by atoms with van der Waals surface area (Å²) in [7, 11) is 3.89. The Morgan fingerprint density at radius 2 is 2.12 bits per heavy atom. The summed E-state index contributed by atoms with van der Waals surface area (Å²) in [6.07, 6.45) is 0. The van der Waals surface area contributed by atoms with Crippen molar-refractivity contribution in [2.24, 2.45) is 0 Å². The van der Waals surface area contributed by atoms with Crippen molar-refractivity contribution >= 4 is 52.2 Å². The minimum atomic E-state index is -0.359. The van der Waals surface area contributed by atoms with Crippen LogP contribution in [0.2, 0.25) is 5.02 Å². The van der Waals surface area contributed by atoms with Gasteiger partial charge in [0.2, 0.25) is 10.9 Å². The van der Waals surface area contributed by atoms with Crippen molar-refractivity contribution in [3.63, 3.8) is 0 Å². The quantitative estimate of drug-likeness (QED) is 0.662. The Morgan fingerprint density at radius 3 is 2.84 bits per heavy atom. The topological polar surface area (TPSA) is 87.2 Å². The summed E-state index contributed by atoms with van der Waals surface area (Å²) in [5.41, 5.74) is 0.585. The normalized spacial score (nSPS) is 10.7. The molecule has 25 heavy (non-hydrogen) atoms. The lowest BCUT2D eigenvalue weighted by Crippen LogP contribution is -2.32. The van der Waals surface area contributed by atoms with Gasteiger partial charge < -0.3 is 15.5 Å². The largest absolute Gasteiger partial charge is 0.354 e. The second-order valence-electron chi connectivity index (χ2n) is 5.28. The first-order chi connectivity index (χ1) is 11.9. The molecule has 0 radical (unpaired) electrons. The average molecular weight is 400 g/mol. The third kappa shape index (κ3) is 6.99. The number of anilines is 1. The number of amides is 2. The first-order valence-electron chi connectivity index (χ1n) is 7.38. The van der Waals surface area contributed by atoms with Crippen molar-refractivity contribution in [3.05, 3.63) is 34.3 Å². The summed E-state index contributed by atoms with van der Waals surface area (Å²) in [6, 6.07) is 6.85. The van der Waals surface area contributed by atoms with Gasteiger partial charge in [0.1, 0.15) is 0 Å². The van der Waals surface area contributed by atoms with Gasteiger partial charge in [-0.3, -0.25) is 9.59 Å². The van der Waals surface area contributed by atoms with Crippen molar-refractivity contribution in [2.45, 2.75) is 4.34 Å². The van der Waals surface area contributed by atoms with Crippen molar-refractivity contribution in [1.29, 1.82) is 0 Å². The van der Waals surface area contributed by atoms with Crippen LogP contribution >= 0.6 is 34.7 Å². The Balaban J connectivity index is 1.81. The maximum absolute atomic E-state index is 12.1. The predicted molar refractivity (Wildman–Crippen MR) is 102 cm³/mol. The molecule has 2 N–H and O–H groups in total. The molecule has 7 nitrogen and oxygen atoms in total. The van der Waals surface area contributed by atoms with Gasteiger partial charge in [0.25, 0.3) is 5.91 Å². The van der Waals surface area contributed by atoms with Crippen molar-refractivity contribution < 1.29 is 9.59 Å². The molecule has 2 aromatic rings. The van der Waals surface area contributed by atoms with E-state index in [0.29, 0.717) is 21.6 Å². The molecule has 0 saturated carbocycles. The van der Waals surface area contributed by atoms with Gasteiger partial charge in [-0.05, 0) is 32.3 Å². The van der Waals surface area contributed by atoms with Gasteiger partial charge in [0.05, 0.1) is 5.75 Å². The van der Waals surface area contributed by atoms with Crippen LogP contribution in [0.1, 0.15) is 9.80 Å². The molecule has 134 valence electrons. The highest BCUT2D eigenvalue weighted by molar-refractivity contribution is 8.01. The van der Waals surface area contributed by atoms with E-state index in [0.717, 1.165) is 17.9 Å². The smallest absolute Gasteiger partial charge is 0.286 e. The zero-order valence-electron chi connectivity index (χ0n) is 13.8. The molecular formula is C15H18ClN5O2S2. The van der Waals surface area contributed by atoms with E-state index in [1.165, 1.54) is 11.8 Å². The zero-order valence-corrected chi connectivity index (χ0v) is 16.2. The molecule has 2 amide bonds. The number of rotatable bonds is 8. The molecule has 0 fully saturated rings. The monoisotopic (exact) mass is 399 g/mol. The third-order valence-electron chi connectivity index (χ3n) is 2.89. The maximum Gasteiger partial charge on any atom is 0.286 e. The van der Waals surface area contributed by atoms with Crippen molar-refractivity contribution in [1.82, 2.24) is 20.4 Å². The van der Waals surface area contributed by atoms with Gasteiger partial charge in [-0.25, -0.2) is 0 Å². The molecule has 0 aliphatic heterocycles. The number of benzene rings is 1. The van der Waals surface area contributed by atoms with Crippen LogP contribution in [0.25, 0.3) is 0 Å². The molecule has 0 bridgehead atoms. The first-order valence-corrected chi connectivity index (χ1v) is 9.56. The van der Waals surface area contributed by atoms with Gasteiger partial charge in [0, 0.05) is 23.8 Å². The first kappa shape index (κ1) is 19.6. The van der Waals surface area contributed by atoms with E-state index < -0.39 is 0 Å². The Labute approximate surface area is 159 Å². The summed E-state index contributed by atoms with van der Waals surface area (Å²) in [6.45, 7) is 1.37. The molecular weight excluding hydrogens is 382 g/mol. The lowest BCUT2D eigenvalue weighted by molar-refractivity contribution is -0.118. The highest BCUT2D eigenvalue weighted by Gasteiger charge is 2.14. The van der Waals surface area contributed by atoms with E-state index in [4.69, 9.17) is 11.6 Å². The Bertz CT molecular complexity index is 738. The van der Waals surface area contributed by atoms with E-state index in [9.17, 15) is 9.59 Å². The fourth-order valence-corrected chi connectivity index (χ4v) is 3.48. The summed E-state index contributed by atoms with van der Waals surface area (Å²) in [4.78, 5) is 25.9. The molecule has 10 heteroatoms. The van der Waals surface area contributed by atoms with Crippen LogP contribution in [0.4, 0.5) is 5.69 Å². The Kier molecular flexibility index (Phi) is 7.63. The zero-order chi connectivity index (χ0) is 18.2. The second-order valence-corrected chi connectivity index (χ2v) is 7.92. The number of nitrogens with one attached hydrogen (secondary N) is 2. The second kappa shape index (κ2) is 9.71. The Hall–Kier alpha value is -1.68. The van der Waals surface area contributed by atoms with E-state index >= 15 is 0 Å². The highest BCUT2D eigenvalue weighted by atomic mass is 35.5. The number of thioether (sulfide) groups is 1. The lowest BCUT2D eigenvalue weighted by Gasteiger charge is -2.09. The number of carbonyl (C=O) groups is 2. The molecule has 2 rings (SSSR count). The summed E-state index contributed by atoms with van der Waals surface area (Å²) in [5, 5.41) is 14.1. The van der Waals surface area contributed by atoms with Crippen LogP contribution in [0, 0.1) is 0 Å². The van der Waals surface area contributed by atoms with Gasteiger partial charge in [0.15, 0.2) is 4.34 Å². The average Bonchev–Trinajstić information content (AvgIpc) is 3.02. The van der Waals surface area contributed by atoms with Crippen LogP contribution in [0.5, 0.6) is 0 Å². The highest BCUT2D eigenvalue weighted by Crippen LogP contribution is 2.23. The van der Waals surface area contributed by atoms with Gasteiger partial charge in [-0.2, -0.15) is 0 Å². The van der Waals surface area contributed by atoms with Gasteiger partial charge in [-0.15, -0.1) is 10.2 Å². The van der Waals surface area contributed by atoms with Gasteiger partial charge in [-0.1, -0.05) is 40.8 Å². The number of nitrogens with zero attached hydrogens (tertiary/aromatic N) is 3. The number of aromatic nitrogens is 2. The van der Waals surface area contributed by atoms with Crippen LogP contribution < -0.4 is 10.6 Å². The predicted octanol–water partition coefficient (Wildman–Crippen LogP) is 2.21. The maximum atomic E-state index is 12.1. The SMILES string of the molecule is CN(C)CCNC(=O)CSc1nnc(C(=O)Nc2cccc(Cl)c2)s1. The van der Waals surface area contributed by atoms with Crippen LogP contribution in [0.3, 0.4) is 0 Å². The third-order valence-corrected chi connectivity index (χ3v) is 5.18. The van der Waals surface area contributed by atoms with Crippen molar-refractivity contribution in [2.75, 3.05) is 38.3 Å². The number of hydrogen-bond donors (Lipinski definition) is 2. The molecule has 1 heterocycles. The molecule has 0 aliphatic rings. The summed E-state index contributed by atoms with van der Waals surface area (Å²) in [5.74, 6) is -0.202. The van der Waals surface area contributed by atoms with E-state index in [1.54, 1.807) is 24.3 Å².